The van der Waals surface area contributed by atoms with Crippen molar-refractivity contribution >= 4 is 23.2 Å². The molecule has 78 valence electrons. The van der Waals surface area contributed by atoms with Crippen molar-refractivity contribution < 1.29 is 14.6 Å². The van der Waals surface area contributed by atoms with Crippen LogP contribution in [0.5, 0.6) is 0 Å². The van der Waals surface area contributed by atoms with E-state index in [-0.39, 0.29) is 16.5 Å². The van der Waals surface area contributed by atoms with E-state index < -0.39 is 18.2 Å². The molecule has 0 bridgehead atoms. The van der Waals surface area contributed by atoms with E-state index in [1.54, 1.807) is 0 Å². The third-order valence-electron chi connectivity index (χ3n) is 1.69. The zero-order chi connectivity index (χ0) is 10.7. The van der Waals surface area contributed by atoms with Crippen LogP contribution in [0.1, 0.15) is 11.7 Å². The van der Waals surface area contributed by atoms with Crippen LogP contribution in [-0.2, 0) is 0 Å². The molecule has 0 spiro atoms. The molecule has 0 saturated carbocycles. The van der Waals surface area contributed by atoms with Crippen LogP contribution in [0.25, 0.3) is 0 Å². The average molecular weight is 240 g/mol. The second kappa shape index (κ2) is 4.89. The van der Waals surface area contributed by atoms with E-state index in [2.05, 4.69) is 4.98 Å². The van der Waals surface area contributed by atoms with Gasteiger partial charge < -0.3 is 10.2 Å². The molecule has 1 aromatic rings. The lowest BCUT2D eigenvalue weighted by Gasteiger charge is -2.16. The molecule has 2 N–H and O–H groups in total. The zero-order valence-electron chi connectivity index (χ0n) is 6.99. The maximum Gasteiger partial charge on any atom is 0.213 e. The van der Waals surface area contributed by atoms with Crippen molar-refractivity contribution in [2.24, 2.45) is 0 Å². The van der Waals surface area contributed by atoms with Gasteiger partial charge in [0.25, 0.3) is 0 Å². The molecule has 0 aliphatic rings. The minimum absolute atomic E-state index is 0.0762. The van der Waals surface area contributed by atoms with Crippen molar-refractivity contribution in [3.63, 3.8) is 0 Å². The number of aliphatic hydroxyl groups excluding tert-OH is 2. The first-order valence-electron chi connectivity index (χ1n) is 3.79. The highest BCUT2D eigenvalue weighted by molar-refractivity contribution is 6.31. The average Bonchev–Trinajstić information content (AvgIpc) is 2.19. The number of halogens is 3. The molecular formula is C8H8Cl2FNO2. The maximum atomic E-state index is 12.7. The SMILES string of the molecule is OC(CCl)C(O)c1cc(F)ncc1Cl. The Bertz CT molecular complexity index is 324. The first-order chi connectivity index (χ1) is 6.56. The van der Waals surface area contributed by atoms with Crippen molar-refractivity contribution in [1.82, 2.24) is 4.98 Å². The Morgan fingerprint density at radius 3 is 2.71 bits per heavy atom. The van der Waals surface area contributed by atoms with E-state index in [4.69, 9.17) is 23.2 Å². The molecule has 6 heteroatoms. The summed E-state index contributed by atoms with van der Waals surface area (Å²) in [4.78, 5) is 3.28. The monoisotopic (exact) mass is 239 g/mol. The summed E-state index contributed by atoms with van der Waals surface area (Å²) in [7, 11) is 0. The van der Waals surface area contributed by atoms with Crippen molar-refractivity contribution in [1.29, 1.82) is 0 Å². The van der Waals surface area contributed by atoms with E-state index in [0.717, 1.165) is 12.3 Å². The summed E-state index contributed by atoms with van der Waals surface area (Å²) in [5.41, 5.74) is 0.0762. The van der Waals surface area contributed by atoms with Gasteiger partial charge in [-0.15, -0.1) is 11.6 Å². The van der Waals surface area contributed by atoms with Gasteiger partial charge in [0.15, 0.2) is 0 Å². The molecule has 3 nitrogen and oxygen atoms in total. The zero-order valence-corrected chi connectivity index (χ0v) is 8.50. The molecule has 0 amide bonds. The number of aromatic nitrogens is 1. The minimum atomic E-state index is -1.31. The highest BCUT2D eigenvalue weighted by Gasteiger charge is 2.20. The van der Waals surface area contributed by atoms with Crippen LogP contribution >= 0.6 is 23.2 Å². The molecule has 0 saturated heterocycles. The molecule has 0 aliphatic heterocycles. The fraction of sp³-hybridized carbons (Fsp3) is 0.375. The molecule has 0 fully saturated rings. The number of hydrogen-bond acceptors (Lipinski definition) is 3. The van der Waals surface area contributed by atoms with Gasteiger partial charge in [-0.2, -0.15) is 4.39 Å². The highest BCUT2D eigenvalue weighted by atomic mass is 35.5. The van der Waals surface area contributed by atoms with Gasteiger partial charge in [0, 0.05) is 17.8 Å². The summed E-state index contributed by atoms with van der Waals surface area (Å²) < 4.78 is 12.7. The number of rotatable bonds is 3. The number of hydrogen-bond donors (Lipinski definition) is 2. The van der Waals surface area contributed by atoms with Crippen molar-refractivity contribution in [3.8, 4) is 0 Å². The van der Waals surface area contributed by atoms with Crippen LogP contribution in [0.2, 0.25) is 5.02 Å². The van der Waals surface area contributed by atoms with Crippen LogP contribution in [0.3, 0.4) is 0 Å². The first kappa shape index (κ1) is 11.7. The van der Waals surface area contributed by atoms with Crippen LogP contribution in [0, 0.1) is 5.95 Å². The lowest BCUT2D eigenvalue weighted by molar-refractivity contribution is 0.0325. The van der Waals surface area contributed by atoms with Gasteiger partial charge in [0.2, 0.25) is 5.95 Å². The van der Waals surface area contributed by atoms with E-state index in [1.165, 1.54) is 0 Å². The largest absolute Gasteiger partial charge is 0.389 e. The second-order valence-electron chi connectivity index (χ2n) is 2.70. The summed E-state index contributed by atoms with van der Waals surface area (Å²) in [6.45, 7) is 0. The van der Waals surface area contributed by atoms with Crippen LogP contribution in [-0.4, -0.2) is 27.2 Å². The second-order valence-corrected chi connectivity index (χ2v) is 3.41. The Morgan fingerprint density at radius 1 is 1.50 bits per heavy atom. The Balaban J connectivity index is 2.99. The Labute approximate surface area is 90.1 Å². The van der Waals surface area contributed by atoms with Crippen molar-refractivity contribution in [3.05, 3.63) is 28.8 Å². The van der Waals surface area contributed by atoms with Gasteiger partial charge in [0.1, 0.15) is 6.10 Å². The smallest absolute Gasteiger partial charge is 0.213 e. The normalized spacial score (nSPS) is 15.2. The molecule has 1 rings (SSSR count). The van der Waals surface area contributed by atoms with Gasteiger partial charge in [-0.3, -0.25) is 0 Å². The molecule has 0 aliphatic carbocycles. The topological polar surface area (TPSA) is 53.4 Å². The number of pyridine rings is 1. The Kier molecular flexibility index (Phi) is 4.07. The van der Waals surface area contributed by atoms with E-state index in [9.17, 15) is 14.6 Å². The van der Waals surface area contributed by atoms with Gasteiger partial charge in [-0.1, -0.05) is 11.6 Å². The van der Waals surface area contributed by atoms with Crippen molar-refractivity contribution in [2.45, 2.75) is 12.2 Å². The molecule has 0 aromatic carbocycles. The molecule has 2 atom stereocenters. The lowest BCUT2D eigenvalue weighted by Crippen LogP contribution is -2.20. The molecule has 1 heterocycles. The van der Waals surface area contributed by atoms with E-state index >= 15 is 0 Å². The molecule has 2 unspecified atom stereocenters. The van der Waals surface area contributed by atoms with Crippen molar-refractivity contribution in [2.75, 3.05) is 5.88 Å². The van der Waals surface area contributed by atoms with Crippen LogP contribution in [0.4, 0.5) is 4.39 Å². The minimum Gasteiger partial charge on any atom is -0.389 e. The van der Waals surface area contributed by atoms with Crippen LogP contribution in [0.15, 0.2) is 12.3 Å². The van der Waals surface area contributed by atoms with E-state index in [0.29, 0.717) is 0 Å². The third kappa shape index (κ3) is 2.54. The summed E-state index contributed by atoms with van der Waals surface area (Å²) in [5.74, 6) is -0.938. The Morgan fingerprint density at radius 2 is 2.14 bits per heavy atom. The highest BCUT2D eigenvalue weighted by Crippen LogP contribution is 2.25. The number of alkyl halides is 1. The summed E-state index contributed by atoms with van der Waals surface area (Å²) >= 11 is 11.0. The summed E-state index contributed by atoms with van der Waals surface area (Å²) in [5, 5.41) is 18.8. The third-order valence-corrected chi connectivity index (χ3v) is 2.32. The summed E-state index contributed by atoms with van der Waals surface area (Å²) in [6, 6.07) is 0.961. The number of nitrogens with zero attached hydrogens (tertiary/aromatic N) is 1. The Hall–Kier alpha value is -0.420. The van der Waals surface area contributed by atoms with Gasteiger partial charge in [-0.25, -0.2) is 4.98 Å². The molecule has 0 radical (unpaired) electrons. The first-order valence-corrected chi connectivity index (χ1v) is 4.70. The standard InChI is InChI=1S/C8H8Cl2FNO2/c9-2-6(13)8(14)4-1-7(11)12-3-5(4)10/h1,3,6,8,13-14H,2H2. The maximum absolute atomic E-state index is 12.7. The quantitative estimate of drug-likeness (QED) is 0.621. The van der Waals surface area contributed by atoms with Gasteiger partial charge >= 0.3 is 0 Å². The lowest BCUT2D eigenvalue weighted by atomic mass is 10.1. The molecule has 1 aromatic heterocycles. The molecule has 14 heavy (non-hydrogen) atoms. The summed E-state index contributed by atoms with van der Waals surface area (Å²) in [6.07, 6.45) is -1.43. The predicted octanol–water partition coefficient (Wildman–Crippen LogP) is 1.51. The van der Waals surface area contributed by atoms with E-state index in [1.807, 2.05) is 0 Å². The fourth-order valence-electron chi connectivity index (χ4n) is 0.946. The van der Waals surface area contributed by atoms with Gasteiger partial charge in [-0.05, 0) is 0 Å². The van der Waals surface area contributed by atoms with Gasteiger partial charge in [0.05, 0.1) is 17.0 Å². The molecular weight excluding hydrogens is 232 g/mol. The number of aliphatic hydroxyl groups is 2. The predicted molar refractivity (Wildman–Crippen MR) is 50.9 cm³/mol. The van der Waals surface area contributed by atoms with Crippen LogP contribution < -0.4 is 0 Å². The fourth-order valence-corrected chi connectivity index (χ4v) is 1.33.